The fourth-order valence-electron chi connectivity index (χ4n) is 3.94. The van der Waals surface area contributed by atoms with Gasteiger partial charge in [0.05, 0.1) is 6.04 Å². The molecular weight excluding hydrogens is 326 g/mol. The number of fused-ring (bicyclic) bond motifs is 1. The molecule has 0 saturated carbocycles. The molecule has 1 fully saturated rings. The van der Waals surface area contributed by atoms with Gasteiger partial charge in [-0.2, -0.15) is 0 Å². The number of nitrogens with one attached hydrogen (secondary N) is 1. The van der Waals surface area contributed by atoms with Crippen molar-refractivity contribution in [3.05, 3.63) is 59.2 Å². The third-order valence-electron chi connectivity index (χ3n) is 5.30. The summed E-state index contributed by atoms with van der Waals surface area (Å²) in [6, 6.07) is 13.2. The van der Waals surface area contributed by atoms with Gasteiger partial charge in [-0.15, -0.1) is 0 Å². The average molecular weight is 349 g/mol. The van der Waals surface area contributed by atoms with Gasteiger partial charge in [-0.05, 0) is 73.2 Å². The lowest BCUT2D eigenvalue weighted by atomic mass is 9.87. The van der Waals surface area contributed by atoms with E-state index in [1.165, 1.54) is 5.56 Å². The molecule has 3 N–H and O–H groups in total. The normalized spacial score (nSPS) is 19.3. The number of amides is 2. The number of nitrogens with zero attached hydrogens (tertiary/aromatic N) is 1. The first kappa shape index (κ1) is 16.6. The number of hydrogen-bond acceptors (Lipinski definition) is 3. The summed E-state index contributed by atoms with van der Waals surface area (Å²) in [6.07, 6.45) is 4.48. The molecule has 134 valence electrons. The number of nitrogen functional groups attached to an aromatic ring is 1. The molecule has 1 unspecified atom stereocenters. The van der Waals surface area contributed by atoms with E-state index in [2.05, 4.69) is 5.32 Å². The van der Waals surface area contributed by atoms with Gasteiger partial charge >= 0.3 is 0 Å². The molecule has 5 nitrogen and oxygen atoms in total. The van der Waals surface area contributed by atoms with Gasteiger partial charge in [-0.1, -0.05) is 6.07 Å². The summed E-state index contributed by atoms with van der Waals surface area (Å²) in [5, 5.41) is 3.15. The first-order valence-corrected chi connectivity index (χ1v) is 9.21. The molecule has 5 heteroatoms. The fourth-order valence-corrected chi connectivity index (χ4v) is 3.94. The number of benzene rings is 2. The third-order valence-corrected chi connectivity index (χ3v) is 5.30. The number of aryl methyl sites for hydroxylation is 1. The maximum Gasteiger partial charge on any atom is 0.251 e. The van der Waals surface area contributed by atoms with Crippen LogP contribution in [0.1, 0.15) is 53.2 Å². The molecule has 2 aromatic carbocycles. The van der Waals surface area contributed by atoms with Crippen LogP contribution in [0.25, 0.3) is 0 Å². The zero-order valence-electron chi connectivity index (χ0n) is 14.7. The number of rotatable bonds is 3. The monoisotopic (exact) mass is 349 g/mol. The van der Waals surface area contributed by atoms with E-state index in [1.54, 1.807) is 17.0 Å². The van der Waals surface area contributed by atoms with E-state index in [-0.39, 0.29) is 17.9 Å². The molecule has 2 aliphatic rings. The zero-order valence-corrected chi connectivity index (χ0v) is 14.7. The minimum Gasteiger partial charge on any atom is -0.399 e. The van der Waals surface area contributed by atoms with Crippen LogP contribution in [0, 0.1) is 0 Å². The topological polar surface area (TPSA) is 75.4 Å². The van der Waals surface area contributed by atoms with Gasteiger partial charge in [0.15, 0.2) is 0 Å². The Morgan fingerprint density at radius 3 is 2.62 bits per heavy atom. The molecule has 0 spiro atoms. The summed E-state index contributed by atoms with van der Waals surface area (Å²) < 4.78 is 0. The standard InChI is InChI=1S/C21H23N3O2/c22-16-8-11-18-15(13-16)3-1-4-19(18)23-21(26)14-6-9-17(10-7-14)24-12-2-5-20(24)25/h6-11,13,19H,1-5,12,22H2,(H,23,26). The van der Waals surface area contributed by atoms with Gasteiger partial charge in [0.2, 0.25) is 5.91 Å². The van der Waals surface area contributed by atoms with Gasteiger partial charge in [0.25, 0.3) is 5.91 Å². The molecule has 0 aromatic heterocycles. The molecule has 1 atom stereocenters. The van der Waals surface area contributed by atoms with Crippen LogP contribution in [0.3, 0.4) is 0 Å². The first-order chi connectivity index (χ1) is 12.6. The molecule has 1 aliphatic carbocycles. The Kier molecular flexibility index (Phi) is 4.37. The van der Waals surface area contributed by atoms with Gasteiger partial charge in [0.1, 0.15) is 0 Å². The smallest absolute Gasteiger partial charge is 0.251 e. The second-order valence-electron chi connectivity index (χ2n) is 7.07. The molecule has 0 bridgehead atoms. The number of carbonyl (C=O) groups is 2. The van der Waals surface area contributed by atoms with Crippen LogP contribution in [-0.4, -0.2) is 18.4 Å². The zero-order chi connectivity index (χ0) is 18.1. The highest BCUT2D eigenvalue weighted by Gasteiger charge is 2.24. The molecule has 4 rings (SSSR count). The van der Waals surface area contributed by atoms with Crippen molar-refractivity contribution >= 4 is 23.2 Å². The Hall–Kier alpha value is -2.82. The van der Waals surface area contributed by atoms with E-state index in [4.69, 9.17) is 5.73 Å². The second kappa shape index (κ2) is 6.83. The molecule has 0 radical (unpaired) electrons. The van der Waals surface area contributed by atoms with Crippen molar-refractivity contribution in [2.75, 3.05) is 17.2 Å². The summed E-state index contributed by atoms with van der Waals surface area (Å²) in [6.45, 7) is 0.756. The van der Waals surface area contributed by atoms with E-state index >= 15 is 0 Å². The Morgan fingerprint density at radius 1 is 1.08 bits per heavy atom. The van der Waals surface area contributed by atoms with Crippen LogP contribution in [0.5, 0.6) is 0 Å². The number of anilines is 2. The Labute approximate surface area is 153 Å². The largest absolute Gasteiger partial charge is 0.399 e. The van der Waals surface area contributed by atoms with E-state index in [0.717, 1.165) is 49.2 Å². The van der Waals surface area contributed by atoms with Crippen LogP contribution >= 0.6 is 0 Å². The maximum atomic E-state index is 12.7. The summed E-state index contributed by atoms with van der Waals surface area (Å²) in [4.78, 5) is 26.3. The van der Waals surface area contributed by atoms with Crippen molar-refractivity contribution in [3.8, 4) is 0 Å². The van der Waals surface area contributed by atoms with Crippen molar-refractivity contribution in [2.24, 2.45) is 0 Å². The second-order valence-corrected chi connectivity index (χ2v) is 7.07. The lowest BCUT2D eigenvalue weighted by molar-refractivity contribution is -0.117. The summed E-state index contributed by atoms with van der Waals surface area (Å²) >= 11 is 0. The lowest BCUT2D eigenvalue weighted by Gasteiger charge is -2.26. The predicted octanol–water partition coefficient (Wildman–Crippen LogP) is 3.20. The Morgan fingerprint density at radius 2 is 1.88 bits per heavy atom. The quantitative estimate of drug-likeness (QED) is 0.836. The highest BCUT2D eigenvalue weighted by atomic mass is 16.2. The van der Waals surface area contributed by atoms with E-state index in [9.17, 15) is 9.59 Å². The van der Waals surface area contributed by atoms with Crippen LogP contribution in [0.2, 0.25) is 0 Å². The first-order valence-electron chi connectivity index (χ1n) is 9.21. The molecule has 26 heavy (non-hydrogen) atoms. The Balaban J connectivity index is 1.48. The average Bonchev–Trinajstić information content (AvgIpc) is 3.07. The van der Waals surface area contributed by atoms with Crippen LogP contribution in [-0.2, 0) is 11.2 Å². The van der Waals surface area contributed by atoms with Crippen LogP contribution < -0.4 is 16.0 Å². The molecule has 1 heterocycles. The minimum absolute atomic E-state index is 0.0201. The van der Waals surface area contributed by atoms with E-state index in [1.807, 2.05) is 30.3 Å². The van der Waals surface area contributed by atoms with Gasteiger partial charge in [-0.3, -0.25) is 9.59 Å². The van der Waals surface area contributed by atoms with Gasteiger partial charge in [-0.25, -0.2) is 0 Å². The van der Waals surface area contributed by atoms with Crippen LogP contribution in [0.4, 0.5) is 11.4 Å². The van der Waals surface area contributed by atoms with Crippen molar-refractivity contribution in [3.63, 3.8) is 0 Å². The number of nitrogens with two attached hydrogens (primary N) is 1. The molecule has 1 saturated heterocycles. The predicted molar refractivity (Wildman–Crippen MR) is 102 cm³/mol. The molecule has 1 aliphatic heterocycles. The van der Waals surface area contributed by atoms with Crippen molar-refractivity contribution in [1.29, 1.82) is 0 Å². The number of carbonyl (C=O) groups excluding carboxylic acids is 2. The molecule has 2 amide bonds. The fraction of sp³-hybridized carbons (Fsp3) is 0.333. The Bertz CT molecular complexity index is 845. The molecule has 2 aromatic rings. The molecular formula is C21H23N3O2. The van der Waals surface area contributed by atoms with Crippen LogP contribution in [0.15, 0.2) is 42.5 Å². The van der Waals surface area contributed by atoms with Gasteiger partial charge in [0, 0.05) is 29.9 Å². The third kappa shape index (κ3) is 3.17. The summed E-state index contributed by atoms with van der Waals surface area (Å²) in [5.41, 5.74) is 10.5. The summed E-state index contributed by atoms with van der Waals surface area (Å²) in [5.74, 6) is 0.0688. The van der Waals surface area contributed by atoms with E-state index < -0.39 is 0 Å². The van der Waals surface area contributed by atoms with Crippen molar-refractivity contribution < 1.29 is 9.59 Å². The summed E-state index contributed by atoms with van der Waals surface area (Å²) in [7, 11) is 0. The van der Waals surface area contributed by atoms with Crippen molar-refractivity contribution in [1.82, 2.24) is 5.32 Å². The van der Waals surface area contributed by atoms with Gasteiger partial charge < -0.3 is 16.0 Å². The van der Waals surface area contributed by atoms with Crippen molar-refractivity contribution in [2.45, 2.75) is 38.1 Å². The highest BCUT2D eigenvalue weighted by Crippen LogP contribution is 2.31. The maximum absolute atomic E-state index is 12.7. The SMILES string of the molecule is Nc1ccc2c(c1)CCCC2NC(=O)c1ccc(N2CCCC2=O)cc1. The van der Waals surface area contributed by atoms with E-state index in [0.29, 0.717) is 12.0 Å². The lowest BCUT2D eigenvalue weighted by Crippen LogP contribution is -2.31. The number of hydrogen-bond donors (Lipinski definition) is 2. The highest BCUT2D eigenvalue weighted by molar-refractivity contribution is 5.97. The minimum atomic E-state index is -0.0843.